The fourth-order valence-corrected chi connectivity index (χ4v) is 1.04. The molecule has 1 N–H and O–H groups in total. The van der Waals surface area contributed by atoms with Crippen molar-refractivity contribution in [2.75, 3.05) is 7.05 Å². The summed E-state index contributed by atoms with van der Waals surface area (Å²) in [5.41, 5.74) is 0.968. The molecule has 3 nitrogen and oxygen atoms in total. The quantitative estimate of drug-likeness (QED) is 0.607. The summed E-state index contributed by atoms with van der Waals surface area (Å²) in [6.07, 6.45) is 2.86. The first kappa shape index (κ1) is 8.27. The number of nitrogens with zero attached hydrogens (tertiary/aromatic N) is 2. The highest BCUT2D eigenvalue weighted by atomic mass is 16.3. The Morgan fingerprint density at radius 1 is 1.64 bits per heavy atom. The van der Waals surface area contributed by atoms with Gasteiger partial charge in [-0.15, -0.1) is 0 Å². The molecule has 1 heterocycles. The first-order valence-corrected chi connectivity index (χ1v) is 3.76. The molecule has 1 unspecified atom stereocenters. The van der Waals surface area contributed by atoms with Crippen molar-refractivity contribution in [3.05, 3.63) is 11.8 Å². The van der Waals surface area contributed by atoms with E-state index in [0.29, 0.717) is 5.92 Å². The topological polar surface area (TPSA) is 35.8 Å². The van der Waals surface area contributed by atoms with Crippen molar-refractivity contribution < 1.29 is 5.11 Å². The van der Waals surface area contributed by atoms with Crippen LogP contribution in [0.2, 0.25) is 0 Å². The van der Waals surface area contributed by atoms with E-state index in [1.165, 1.54) is 0 Å². The Kier molecular flexibility index (Phi) is 2.29. The lowest BCUT2D eigenvalue weighted by Crippen LogP contribution is -2.35. The van der Waals surface area contributed by atoms with E-state index in [4.69, 9.17) is 0 Å². The third-order valence-electron chi connectivity index (χ3n) is 1.82. The molecular formula is C8H14N2O. The molecule has 0 saturated carbocycles. The Balaban J connectivity index is 2.78. The molecule has 1 aliphatic heterocycles. The van der Waals surface area contributed by atoms with Crippen molar-refractivity contribution in [1.82, 2.24) is 4.90 Å². The maximum absolute atomic E-state index is 9.57. The van der Waals surface area contributed by atoms with Crippen molar-refractivity contribution >= 4 is 6.34 Å². The van der Waals surface area contributed by atoms with E-state index < -0.39 is 6.23 Å². The fourth-order valence-electron chi connectivity index (χ4n) is 1.04. The van der Waals surface area contributed by atoms with Crippen LogP contribution in [0.25, 0.3) is 0 Å². The summed E-state index contributed by atoms with van der Waals surface area (Å²) in [7, 11) is 1.81. The molecule has 3 heteroatoms. The van der Waals surface area contributed by atoms with Gasteiger partial charge in [0.25, 0.3) is 0 Å². The minimum atomic E-state index is -0.493. The first-order valence-electron chi connectivity index (χ1n) is 3.76. The largest absolute Gasteiger partial charge is 0.369 e. The Labute approximate surface area is 67.0 Å². The molecule has 0 spiro atoms. The van der Waals surface area contributed by atoms with Crippen molar-refractivity contribution in [1.29, 1.82) is 0 Å². The van der Waals surface area contributed by atoms with Gasteiger partial charge in [-0.05, 0) is 11.5 Å². The molecule has 0 aliphatic carbocycles. The van der Waals surface area contributed by atoms with Crippen LogP contribution in [-0.2, 0) is 0 Å². The van der Waals surface area contributed by atoms with Crippen LogP contribution in [0.4, 0.5) is 0 Å². The number of aliphatic imine (C=N–C) groups is 1. The maximum Gasteiger partial charge on any atom is 0.151 e. The lowest BCUT2D eigenvalue weighted by Gasteiger charge is -2.27. The molecule has 0 aromatic carbocycles. The van der Waals surface area contributed by atoms with E-state index in [2.05, 4.69) is 4.99 Å². The minimum Gasteiger partial charge on any atom is -0.369 e. The molecule has 62 valence electrons. The summed E-state index contributed by atoms with van der Waals surface area (Å²) in [5.74, 6) is 0.352. The number of aliphatic hydroxyl groups is 1. The van der Waals surface area contributed by atoms with Crippen LogP contribution in [0.15, 0.2) is 16.8 Å². The zero-order valence-electron chi connectivity index (χ0n) is 7.15. The predicted molar refractivity (Wildman–Crippen MR) is 45.2 cm³/mol. The second kappa shape index (κ2) is 3.05. The van der Waals surface area contributed by atoms with Gasteiger partial charge in [0, 0.05) is 13.2 Å². The van der Waals surface area contributed by atoms with Crippen LogP contribution in [0.3, 0.4) is 0 Å². The van der Waals surface area contributed by atoms with Gasteiger partial charge in [-0.1, -0.05) is 13.8 Å². The fraction of sp³-hybridized carbons (Fsp3) is 0.625. The lowest BCUT2D eigenvalue weighted by molar-refractivity contribution is 0.0959. The van der Waals surface area contributed by atoms with Crippen LogP contribution in [0.1, 0.15) is 13.8 Å². The van der Waals surface area contributed by atoms with E-state index in [-0.39, 0.29) is 0 Å². The molecule has 0 bridgehead atoms. The zero-order valence-corrected chi connectivity index (χ0v) is 7.15. The summed E-state index contributed by atoms with van der Waals surface area (Å²) in [4.78, 5) is 5.68. The van der Waals surface area contributed by atoms with Gasteiger partial charge in [0.2, 0.25) is 0 Å². The molecule has 0 radical (unpaired) electrons. The van der Waals surface area contributed by atoms with Crippen molar-refractivity contribution in [3.8, 4) is 0 Å². The van der Waals surface area contributed by atoms with E-state index in [9.17, 15) is 5.11 Å². The van der Waals surface area contributed by atoms with Crippen molar-refractivity contribution in [2.45, 2.75) is 20.1 Å². The van der Waals surface area contributed by atoms with Crippen molar-refractivity contribution in [3.63, 3.8) is 0 Å². The van der Waals surface area contributed by atoms with Crippen molar-refractivity contribution in [2.24, 2.45) is 10.9 Å². The molecule has 0 amide bonds. The van der Waals surface area contributed by atoms with E-state index in [1.54, 1.807) is 17.4 Å². The smallest absolute Gasteiger partial charge is 0.151 e. The van der Waals surface area contributed by atoms with Crippen LogP contribution in [0.5, 0.6) is 0 Å². The van der Waals surface area contributed by atoms with Crippen LogP contribution in [0, 0.1) is 5.92 Å². The summed E-state index contributed by atoms with van der Waals surface area (Å²) < 4.78 is 0. The van der Waals surface area contributed by atoms with Crippen LogP contribution in [-0.4, -0.2) is 29.6 Å². The average Bonchev–Trinajstić information content (AvgIpc) is 1.94. The number of hydrogen-bond acceptors (Lipinski definition) is 3. The Morgan fingerprint density at radius 2 is 2.27 bits per heavy atom. The standard InChI is InChI=1S/C8H14N2O/c1-6(2)7-4-9-5-10(3)8(7)11/h4-6,8,11H,1-3H3. The molecule has 1 atom stereocenters. The minimum absolute atomic E-state index is 0.352. The lowest BCUT2D eigenvalue weighted by atomic mass is 10.0. The first-order chi connectivity index (χ1) is 5.13. The molecule has 0 saturated heterocycles. The van der Waals surface area contributed by atoms with E-state index in [1.807, 2.05) is 20.9 Å². The number of rotatable bonds is 1. The third-order valence-corrected chi connectivity index (χ3v) is 1.82. The highest BCUT2D eigenvalue weighted by Crippen LogP contribution is 2.18. The SMILES string of the molecule is CC(C)C1=CN=CN(C)C1O. The summed E-state index contributed by atoms with van der Waals surface area (Å²) in [6.45, 7) is 4.09. The van der Waals surface area contributed by atoms with Gasteiger partial charge in [0.05, 0.1) is 6.34 Å². The highest BCUT2D eigenvalue weighted by molar-refractivity contribution is 5.58. The van der Waals surface area contributed by atoms with Gasteiger partial charge in [0.1, 0.15) is 0 Å². The number of aliphatic hydroxyl groups excluding tert-OH is 1. The zero-order chi connectivity index (χ0) is 8.43. The van der Waals surface area contributed by atoms with Gasteiger partial charge in [-0.3, -0.25) is 0 Å². The molecule has 1 rings (SSSR count). The van der Waals surface area contributed by atoms with E-state index >= 15 is 0 Å². The summed E-state index contributed by atoms with van der Waals surface area (Å²) >= 11 is 0. The van der Waals surface area contributed by atoms with Gasteiger partial charge in [-0.2, -0.15) is 0 Å². The van der Waals surface area contributed by atoms with Crippen LogP contribution >= 0.6 is 0 Å². The normalized spacial score (nSPS) is 24.3. The van der Waals surface area contributed by atoms with Gasteiger partial charge in [0.15, 0.2) is 6.23 Å². The molecule has 0 fully saturated rings. The maximum atomic E-state index is 9.57. The second-order valence-electron chi connectivity index (χ2n) is 3.09. The summed E-state index contributed by atoms with van der Waals surface area (Å²) in [5, 5.41) is 9.57. The highest BCUT2D eigenvalue weighted by Gasteiger charge is 2.19. The molecule has 0 aromatic rings. The number of hydrogen-bond donors (Lipinski definition) is 1. The predicted octanol–water partition coefficient (Wildman–Crippen LogP) is 0.818. The van der Waals surface area contributed by atoms with E-state index in [0.717, 1.165) is 5.57 Å². The monoisotopic (exact) mass is 154 g/mol. The summed E-state index contributed by atoms with van der Waals surface area (Å²) in [6, 6.07) is 0. The number of likely N-dealkylation sites (N-methyl/N-ethyl adjacent to an activating group) is 1. The molecule has 1 aliphatic rings. The Hall–Kier alpha value is -0.830. The van der Waals surface area contributed by atoms with Gasteiger partial charge >= 0.3 is 0 Å². The molecular weight excluding hydrogens is 140 g/mol. The van der Waals surface area contributed by atoms with Crippen LogP contribution < -0.4 is 0 Å². The second-order valence-corrected chi connectivity index (χ2v) is 3.09. The average molecular weight is 154 g/mol. The van der Waals surface area contributed by atoms with Gasteiger partial charge in [-0.25, -0.2) is 4.99 Å². The Morgan fingerprint density at radius 3 is 2.73 bits per heavy atom. The Bertz CT molecular complexity index is 196. The molecule has 11 heavy (non-hydrogen) atoms. The van der Waals surface area contributed by atoms with Gasteiger partial charge < -0.3 is 10.0 Å². The third kappa shape index (κ3) is 1.60. The molecule has 0 aromatic heterocycles.